The minimum atomic E-state index is -0.141. The molecule has 3 rings (SSSR count). The minimum absolute atomic E-state index is 0.0823. The van der Waals surface area contributed by atoms with E-state index >= 15 is 0 Å². The Hall–Kier alpha value is -2.56. The maximum Gasteiger partial charge on any atom is 0.141 e. The van der Waals surface area contributed by atoms with E-state index in [1.54, 1.807) is 24.5 Å². The van der Waals surface area contributed by atoms with Crippen LogP contribution in [0.15, 0.2) is 36.7 Å². The third-order valence-electron chi connectivity index (χ3n) is 3.41. The van der Waals surface area contributed by atoms with E-state index in [0.29, 0.717) is 5.69 Å². The number of pyridine rings is 1. The van der Waals surface area contributed by atoms with Gasteiger partial charge in [-0.1, -0.05) is 0 Å². The van der Waals surface area contributed by atoms with Crippen molar-refractivity contribution in [3.63, 3.8) is 0 Å². The van der Waals surface area contributed by atoms with Gasteiger partial charge in [-0.3, -0.25) is 4.98 Å². The van der Waals surface area contributed by atoms with Gasteiger partial charge in [0.15, 0.2) is 0 Å². The first-order valence-corrected chi connectivity index (χ1v) is 6.80. The van der Waals surface area contributed by atoms with E-state index in [4.69, 9.17) is 5.73 Å². The predicted octanol–water partition coefficient (Wildman–Crippen LogP) is 3.14. The van der Waals surface area contributed by atoms with Crippen molar-refractivity contribution in [1.29, 1.82) is 0 Å². The number of hydrogen-bond acceptors (Lipinski definition) is 4. The Morgan fingerprint density at radius 3 is 2.62 bits per heavy atom. The number of imidazole rings is 1. The fourth-order valence-electron chi connectivity index (χ4n) is 2.50. The summed E-state index contributed by atoms with van der Waals surface area (Å²) in [5.74, 6) is 0.899. The lowest BCUT2D eigenvalue weighted by molar-refractivity contribution is 0.413. The van der Waals surface area contributed by atoms with Crippen LogP contribution in [-0.2, 0) is 5.54 Å². The molecule has 0 saturated carbocycles. The maximum atomic E-state index is 9.60. The summed E-state index contributed by atoms with van der Waals surface area (Å²) in [6.07, 6.45) is 3.52. The molecular weight excluding hydrogens is 264 g/mol. The number of aromatic hydroxyl groups is 1. The summed E-state index contributed by atoms with van der Waals surface area (Å²) in [6, 6.07) is 7.12. The predicted molar refractivity (Wildman–Crippen MR) is 84.0 cm³/mol. The molecule has 108 valence electrons. The molecule has 0 aliphatic rings. The summed E-state index contributed by atoms with van der Waals surface area (Å²) in [5.41, 5.74) is 8.76. The number of hydrogen-bond donors (Lipinski definition) is 2. The molecule has 2 aromatic heterocycles. The summed E-state index contributed by atoms with van der Waals surface area (Å²) >= 11 is 0. The number of fused-ring (bicyclic) bond motifs is 1. The number of aromatic nitrogens is 3. The number of phenolic OH excluding ortho intramolecular Hbond substituents is 1. The van der Waals surface area contributed by atoms with Crippen molar-refractivity contribution in [3.05, 3.63) is 36.7 Å². The fourth-order valence-corrected chi connectivity index (χ4v) is 2.50. The normalized spacial score (nSPS) is 12.0. The van der Waals surface area contributed by atoms with Gasteiger partial charge in [-0.2, -0.15) is 0 Å². The SMILES string of the molecule is CC(C)(C)n1c(-c2ccc(O)c(N)c2)nc2cnccc21. The van der Waals surface area contributed by atoms with Crippen LogP contribution in [0.5, 0.6) is 5.75 Å². The van der Waals surface area contributed by atoms with Gasteiger partial charge in [0.05, 0.1) is 17.4 Å². The average molecular weight is 282 g/mol. The number of anilines is 1. The van der Waals surface area contributed by atoms with Crippen LogP contribution in [0, 0.1) is 0 Å². The molecule has 0 unspecified atom stereocenters. The van der Waals surface area contributed by atoms with E-state index < -0.39 is 0 Å². The van der Waals surface area contributed by atoms with Crippen molar-refractivity contribution < 1.29 is 5.11 Å². The molecule has 21 heavy (non-hydrogen) atoms. The van der Waals surface area contributed by atoms with Gasteiger partial charge in [-0.05, 0) is 45.0 Å². The Morgan fingerprint density at radius 2 is 1.95 bits per heavy atom. The van der Waals surface area contributed by atoms with E-state index in [1.807, 2.05) is 12.1 Å². The Labute approximate surface area is 123 Å². The van der Waals surface area contributed by atoms with Crippen molar-refractivity contribution in [2.75, 3.05) is 5.73 Å². The Kier molecular flexibility index (Phi) is 2.86. The van der Waals surface area contributed by atoms with E-state index in [1.165, 1.54) is 0 Å². The van der Waals surface area contributed by atoms with Crippen LogP contribution in [0.1, 0.15) is 20.8 Å². The highest BCUT2D eigenvalue weighted by Gasteiger charge is 2.22. The van der Waals surface area contributed by atoms with Crippen LogP contribution in [0.2, 0.25) is 0 Å². The molecule has 5 heteroatoms. The lowest BCUT2D eigenvalue weighted by Gasteiger charge is -2.24. The van der Waals surface area contributed by atoms with Crippen LogP contribution in [0.3, 0.4) is 0 Å². The first-order chi connectivity index (χ1) is 9.88. The largest absolute Gasteiger partial charge is 0.506 e. The van der Waals surface area contributed by atoms with Crippen molar-refractivity contribution in [2.45, 2.75) is 26.3 Å². The molecule has 0 atom stereocenters. The number of nitrogens with two attached hydrogens (primary N) is 1. The molecule has 0 amide bonds. The topological polar surface area (TPSA) is 77.0 Å². The van der Waals surface area contributed by atoms with Gasteiger partial charge in [-0.25, -0.2) is 4.98 Å². The van der Waals surface area contributed by atoms with E-state index in [9.17, 15) is 5.11 Å². The summed E-state index contributed by atoms with van der Waals surface area (Å²) < 4.78 is 2.16. The number of benzene rings is 1. The molecule has 3 aromatic rings. The zero-order valence-electron chi connectivity index (χ0n) is 12.3. The summed E-state index contributed by atoms with van der Waals surface area (Å²) in [6.45, 7) is 6.38. The van der Waals surface area contributed by atoms with Crippen molar-refractivity contribution in [2.24, 2.45) is 0 Å². The second-order valence-corrected chi connectivity index (χ2v) is 6.08. The monoisotopic (exact) mass is 282 g/mol. The second kappa shape index (κ2) is 4.48. The average Bonchev–Trinajstić information content (AvgIpc) is 2.81. The molecule has 5 nitrogen and oxygen atoms in total. The Bertz CT molecular complexity index is 815. The number of nitrogen functional groups attached to an aromatic ring is 1. The van der Waals surface area contributed by atoms with Gasteiger partial charge >= 0.3 is 0 Å². The summed E-state index contributed by atoms with van der Waals surface area (Å²) in [4.78, 5) is 8.82. The number of phenols is 1. The third-order valence-corrected chi connectivity index (χ3v) is 3.41. The van der Waals surface area contributed by atoms with E-state index in [-0.39, 0.29) is 11.3 Å². The highest BCUT2D eigenvalue weighted by atomic mass is 16.3. The molecule has 3 N–H and O–H groups in total. The number of nitrogens with zero attached hydrogens (tertiary/aromatic N) is 3. The molecule has 0 saturated heterocycles. The van der Waals surface area contributed by atoms with Gasteiger partial charge < -0.3 is 15.4 Å². The van der Waals surface area contributed by atoms with Crippen molar-refractivity contribution in [3.8, 4) is 17.1 Å². The fraction of sp³-hybridized carbons (Fsp3) is 0.250. The summed E-state index contributed by atoms with van der Waals surface area (Å²) in [5, 5.41) is 9.60. The zero-order valence-corrected chi connectivity index (χ0v) is 12.3. The van der Waals surface area contributed by atoms with Crippen LogP contribution in [0.4, 0.5) is 5.69 Å². The van der Waals surface area contributed by atoms with Crippen LogP contribution < -0.4 is 5.73 Å². The third kappa shape index (κ3) is 2.20. The van der Waals surface area contributed by atoms with Crippen LogP contribution in [-0.4, -0.2) is 19.6 Å². The van der Waals surface area contributed by atoms with E-state index in [2.05, 4.69) is 35.3 Å². The highest BCUT2D eigenvalue weighted by molar-refractivity contribution is 5.81. The lowest BCUT2D eigenvalue weighted by atomic mass is 10.1. The van der Waals surface area contributed by atoms with E-state index in [0.717, 1.165) is 22.4 Å². The molecule has 2 heterocycles. The van der Waals surface area contributed by atoms with Gasteiger partial charge in [-0.15, -0.1) is 0 Å². The van der Waals surface area contributed by atoms with Gasteiger partial charge in [0, 0.05) is 17.3 Å². The molecule has 0 fully saturated rings. The quantitative estimate of drug-likeness (QED) is 0.531. The lowest BCUT2D eigenvalue weighted by Crippen LogP contribution is -2.22. The molecule has 0 aliphatic carbocycles. The first kappa shape index (κ1) is 13.4. The zero-order chi connectivity index (χ0) is 15.2. The Morgan fingerprint density at radius 1 is 1.19 bits per heavy atom. The molecule has 1 aromatic carbocycles. The van der Waals surface area contributed by atoms with Gasteiger partial charge in [0.25, 0.3) is 0 Å². The van der Waals surface area contributed by atoms with Crippen LogP contribution >= 0.6 is 0 Å². The van der Waals surface area contributed by atoms with Crippen molar-refractivity contribution >= 4 is 16.7 Å². The highest BCUT2D eigenvalue weighted by Crippen LogP contribution is 2.33. The van der Waals surface area contributed by atoms with Crippen LogP contribution in [0.25, 0.3) is 22.4 Å². The number of rotatable bonds is 1. The molecule has 0 spiro atoms. The molecular formula is C16H18N4O. The van der Waals surface area contributed by atoms with Gasteiger partial charge in [0.1, 0.15) is 17.1 Å². The summed E-state index contributed by atoms with van der Waals surface area (Å²) in [7, 11) is 0. The first-order valence-electron chi connectivity index (χ1n) is 6.80. The Balaban J connectivity index is 2.33. The smallest absolute Gasteiger partial charge is 0.141 e. The van der Waals surface area contributed by atoms with Crippen molar-refractivity contribution in [1.82, 2.24) is 14.5 Å². The minimum Gasteiger partial charge on any atom is -0.506 e. The molecule has 0 aliphatic heterocycles. The standard InChI is InChI=1S/C16H18N4O/c1-16(2,3)20-13-6-7-18-9-12(13)19-15(20)10-4-5-14(21)11(17)8-10/h4-9,21H,17H2,1-3H3. The second-order valence-electron chi connectivity index (χ2n) is 6.08. The maximum absolute atomic E-state index is 9.60. The molecule has 0 radical (unpaired) electrons. The molecule has 0 bridgehead atoms. The van der Waals surface area contributed by atoms with Gasteiger partial charge in [0.2, 0.25) is 0 Å².